The van der Waals surface area contributed by atoms with E-state index in [0.29, 0.717) is 30.3 Å². The monoisotopic (exact) mass is 453 g/mol. The van der Waals surface area contributed by atoms with Gasteiger partial charge in [-0.05, 0) is 48.9 Å². The van der Waals surface area contributed by atoms with Gasteiger partial charge in [-0.25, -0.2) is 8.42 Å². The zero-order chi connectivity index (χ0) is 19.6. The molecule has 1 unspecified atom stereocenters. The van der Waals surface area contributed by atoms with E-state index in [0.717, 1.165) is 10.0 Å². The Kier molecular flexibility index (Phi) is 5.76. The molecule has 0 bridgehead atoms. The maximum absolute atomic E-state index is 12.5. The Labute approximate surface area is 166 Å². The first-order valence-electron chi connectivity index (χ1n) is 8.54. The summed E-state index contributed by atoms with van der Waals surface area (Å²) in [5.41, 5.74) is 1.25. The lowest BCUT2D eigenvalue weighted by Gasteiger charge is -2.22. The summed E-state index contributed by atoms with van der Waals surface area (Å²) in [6.45, 7) is 4.45. The second kappa shape index (κ2) is 7.90. The van der Waals surface area contributed by atoms with Crippen molar-refractivity contribution in [2.75, 3.05) is 19.0 Å². The number of ether oxygens (including phenoxy) is 2. The number of benzene rings is 2. The van der Waals surface area contributed by atoms with Gasteiger partial charge in [0.2, 0.25) is 0 Å². The molecule has 1 amide bonds. The van der Waals surface area contributed by atoms with Gasteiger partial charge >= 0.3 is 0 Å². The summed E-state index contributed by atoms with van der Waals surface area (Å²) < 4.78 is 35.7. The van der Waals surface area contributed by atoms with Crippen LogP contribution >= 0.6 is 15.9 Å². The lowest BCUT2D eigenvalue weighted by Crippen LogP contribution is -2.27. The van der Waals surface area contributed by atoms with Gasteiger partial charge < -0.3 is 14.8 Å². The minimum absolute atomic E-state index is 0.0215. The van der Waals surface area contributed by atoms with Gasteiger partial charge in [-0.2, -0.15) is 0 Å². The highest BCUT2D eigenvalue weighted by atomic mass is 79.9. The van der Waals surface area contributed by atoms with Crippen LogP contribution in [0.25, 0.3) is 0 Å². The van der Waals surface area contributed by atoms with Crippen LogP contribution < -0.4 is 14.8 Å². The first-order valence-corrected chi connectivity index (χ1v) is 11.0. The third-order valence-electron chi connectivity index (χ3n) is 4.33. The van der Waals surface area contributed by atoms with Crippen LogP contribution in [0.2, 0.25) is 0 Å². The van der Waals surface area contributed by atoms with Crippen LogP contribution in [-0.4, -0.2) is 33.3 Å². The van der Waals surface area contributed by atoms with E-state index in [4.69, 9.17) is 9.47 Å². The molecule has 0 spiro atoms. The van der Waals surface area contributed by atoms with Gasteiger partial charge in [-0.1, -0.05) is 22.9 Å². The van der Waals surface area contributed by atoms with Crippen molar-refractivity contribution in [1.29, 1.82) is 0 Å². The fourth-order valence-corrected chi connectivity index (χ4v) is 4.30. The predicted octanol–water partition coefficient (Wildman–Crippen LogP) is 3.50. The molecular formula is C19H20BrNO5S. The molecule has 0 aliphatic carbocycles. The van der Waals surface area contributed by atoms with Gasteiger partial charge in [-0.3, -0.25) is 4.79 Å². The van der Waals surface area contributed by atoms with Crippen LogP contribution in [0, 0.1) is 0 Å². The van der Waals surface area contributed by atoms with Crippen LogP contribution in [0.3, 0.4) is 0 Å². The molecule has 0 fully saturated rings. The molecule has 8 heteroatoms. The lowest BCUT2D eigenvalue weighted by molar-refractivity contribution is 0.0939. The Morgan fingerprint density at radius 2 is 1.74 bits per heavy atom. The topological polar surface area (TPSA) is 81.7 Å². The van der Waals surface area contributed by atoms with E-state index < -0.39 is 9.84 Å². The van der Waals surface area contributed by atoms with Gasteiger partial charge in [0.05, 0.1) is 16.7 Å². The lowest BCUT2D eigenvalue weighted by atomic mass is 10.1. The molecule has 144 valence electrons. The molecule has 1 aliphatic rings. The average Bonchev–Trinajstić information content (AvgIpc) is 2.67. The third kappa shape index (κ3) is 4.27. The van der Waals surface area contributed by atoms with Crippen molar-refractivity contribution in [2.24, 2.45) is 0 Å². The summed E-state index contributed by atoms with van der Waals surface area (Å²) in [6.07, 6.45) is 0. The Morgan fingerprint density at radius 3 is 2.33 bits per heavy atom. The number of halogens is 1. The highest BCUT2D eigenvalue weighted by Crippen LogP contribution is 2.37. The Morgan fingerprint density at radius 1 is 1.15 bits per heavy atom. The van der Waals surface area contributed by atoms with Crippen LogP contribution in [0.5, 0.6) is 11.5 Å². The second-order valence-electron chi connectivity index (χ2n) is 6.14. The summed E-state index contributed by atoms with van der Waals surface area (Å²) in [4.78, 5) is 12.7. The van der Waals surface area contributed by atoms with Crippen molar-refractivity contribution in [3.63, 3.8) is 0 Å². The van der Waals surface area contributed by atoms with Gasteiger partial charge in [0, 0.05) is 10.0 Å². The quantitative estimate of drug-likeness (QED) is 0.748. The summed E-state index contributed by atoms with van der Waals surface area (Å²) in [6, 6.07) is 9.34. The second-order valence-corrected chi connectivity index (χ2v) is 9.27. The van der Waals surface area contributed by atoms with E-state index in [1.807, 2.05) is 19.1 Å². The Balaban J connectivity index is 1.76. The van der Waals surface area contributed by atoms with E-state index in [-0.39, 0.29) is 22.6 Å². The predicted molar refractivity (Wildman–Crippen MR) is 105 cm³/mol. The summed E-state index contributed by atoms with van der Waals surface area (Å²) in [5.74, 6) is 1.05. The SMILES string of the molecule is CCS(=O)(=O)c1ccc(C(=O)NC(C)c2cc3c(cc2Br)OCCO3)cc1. The molecule has 0 saturated heterocycles. The molecule has 0 saturated carbocycles. The molecule has 0 aromatic heterocycles. The number of nitrogens with one attached hydrogen (secondary N) is 1. The van der Waals surface area contributed by atoms with Crippen LogP contribution in [0.1, 0.15) is 35.8 Å². The smallest absolute Gasteiger partial charge is 0.251 e. The maximum atomic E-state index is 12.5. The molecule has 27 heavy (non-hydrogen) atoms. The average molecular weight is 454 g/mol. The van der Waals surface area contributed by atoms with Crippen molar-refractivity contribution in [1.82, 2.24) is 5.32 Å². The highest BCUT2D eigenvalue weighted by Gasteiger charge is 2.20. The first kappa shape index (κ1) is 19.7. The van der Waals surface area contributed by atoms with Gasteiger partial charge in [0.25, 0.3) is 5.91 Å². The molecule has 1 heterocycles. The minimum atomic E-state index is -3.28. The molecule has 1 atom stereocenters. The maximum Gasteiger partial charge on any atom is 0.251 e. The first-order chi connectivity index (χ1) is 12.8. The zero-order valence-electron chi connectivity index (χ0n) is 15.0. The molecule has 6 nitrogen and oxygen atoms in total. The molecule has 1 N–H and O–H groups in total. The van der Waals surface area contributed by atoms with E-state index in [9.17, 15) is 13.2 Å². The number of amides is 1. The normalized spacial score (nSPS) is 14.5. The van der Waals surface area contributed by atoms with Crippen LogP contribution in [-0.2, 0) is 9.84 Å². The van der Waals surface area contributed by atoms with Gasteiger partial charge in [0.15, 0.2) is 21.3 Å². The van der Waals surface area contributed by atoms with Crippen molar-refractivity contribution in [3.8, 4) is 11.5 Å². The third-order valence-corrected chi connectivity index (χ3v) is 6.77. The van der Waals surface area contributed by atoms with Crippen molar-refractivity contribution in [2.45, 2.75) is 24.8 Å². The molecular weight excluding hydrogens is 434 g/mol. The van der Waals surface area contributed by atoms with E-state index >= 15 is 0 Å². The van der Waals surface area contributed by atoms with Crippen LogP contribution in [0.15, 0.2) is 45.8 Å². The van der Waals surface area contributed by atoms with Crippen molar-refractivity contribution >= 4 is 31.7 Å². The summed E-state index contributed by atoms with van der Waals surface area (Å²) in [5, 5.41) is 2.92. The number of fused-ring (bicyclic) bond motifs is 1. The fourth-order valence-electron chi connectivity index (χ4n) is 2.75. The zero-order valence-corrected chi connectivity index (χ0v) is 17.4. The molecule has 1 aliphatic heterocycles. The number of sulfone groups is 1. The summed E-state index contributed by atoms with van der Waals surface area (Å²) in [7, 11) is -3.28. The minimum Gasteiger partial charge on any atom is -0.486 e. The van der Waals surface area contributed by atoms with E-state index in [1.54, 1.807) is 6.92 Å². The highest BCUT2D eigenvalue weighted by molar-refractivity contribution is 9.10. The number of hydrogen-bond acceptors (Lipinski definition) is 5. The standard InChI is InChI=1S/C19H20BrNO5S/c1-3-27(23,24)14-6-4-13(5-7-14)19(22)21-12(2)15-10-17-18(11-16(15)20)26-9-8-25-17/h4-7,10-12H,3,8-9H2,1-2H3,(H,21,22). The number of carbonyl (C=O) groups is 1. The molecule has 3 rings (SSSR count). The summed E-state index contributed by atoms with van der Waals surface area (Å²) >= 11 is 3.51. The molecule has 0 radical (unpaired) electrons. The Bertz CT molecular complexity index is 957. The van der Waals surface area contributed by atoms with E-state index in [2.05, 4.69) is 21.2 Å². The number of carbonyl (C=O) groups excluding carboxylic acids is 1. The Hall–Kier alpha value is -2.06. The molecule has 2 aromatic carbocycles. The van der Waals surface area contributed by atoms with E-state index in [1.165, 1.54) is 24.3 Å². The van der Waals surface area contributed by atoms with Crippen LogP contribution in [0.4, 0.5) is 0 Å². The van der Waals surface area contributed by atoms with Gasteiger partial charge in [0.1, 0.15) is 13.2 Å². The largest absolute Gasteiger partial charge is 0.486 e. The molecule has 2 aromatic rings. The van der Waals surface area contributed by atoms with Crippen molar-refractivity contribution < 1.29 is 22.7 Å². The number of rotatable bonds is 5. The fraction of sp³-hybridized carbons (Fsp3) is 0.316. The van der Waals surface area contributed by atoms with Crippen molar-refractivity contribution in [3.05, 3.63) is 52.0 Å². The number of hydrogen-bond donors (Lipinski definition) is 1. The van der Waals surface area contributed by atoms with Gasteiger partial charge in [-0.15, -0.1) is 0 Å².